The van der Waals surface area contributed by atoms with E-state index in [-0.39, 0.29) is 12.1 Å². The van der Waals surface area contributed by atoms with Gasteiger partial charge in [0.2, 0.25) is 11.4 Å². The van der Waals surface area contributed by atoms with Crippen LogP contribution in [0.3, 0.4) is 0 Å². The standard InChI is InChI=1S/C19H20N2O6S/c1-18(2)15-5-3-4-6-16(15)20(12-28(24,25)26)19(18)10-9-13-11-14(21(22)23)7-8-17(13)27-19/h3-6,9-11H,7-8,12H2,1-2H3,(H,24,25,26)/t19-/m1/s1. The smallest absolute Gasteiger partial charge is 0.283 e. The lowest BCUT2D eigenvalue weighted by Crippen LogP contribution is -2.58. The van der Waals surface area contributed by atoms with E-state index >= 15 is 0 Å². The fourth-order valence-electron chi connectivity index (χ4n) is 4.29. The second-order valence-corrected chi connectivity index (χ2v) is 9.11. The molecule has 1 spiro atoms. The van der Waals surface area contributed by atoms with Crippen molar-refractivity contribution in [3.8, 4) is 0 Å². The van der Waals surface area contributed by atoms with Crippen molar-refractivity contribution >= 4 is 15.8 Å². The van der Waals surface area contributed by atoms with Gasteiger partial charge in [-0.1, -0.05) is 18.2 Å². The molecule has 0 unspecified atom stereocenters. The molecular formula is C19H20N2O6S. The van der Waals surface area contributed by atoms with Gasteiger partial charge in [0.15, 0.2) is 0 Å². The minimum absolute atomic E-state index is 0.117. The van der Waals surface area contributed by atoms with Crippen LogP contribution in [0.5, 0.6) is 0 Å². The minimum atomic E-state index is -4.33. The van der Waals surface area contributed by atoms with E-state index in [2.05, 4.69) is 0 Å². The summed E-state index contributed by atoms with van der Waals surface area (Å²) in [6.45, 7) is 3.90. The van der Waals surface area contributed by atoms with Crippen LogP contribution in [0.4, 0.5) is 5.69 Å². The molecule has 1 N–H and O–H groups in total. The summed E-state index contributed by atoms with van der Waals surface area (Å²) in [4.78, 5) is 12.2. The number of rotatable bonds is 3. The molecular weight excluding hydrogens is 384 g/mol. The summed E-state index contributed by atoms with van der Waals surface area (Å²) in [5, 5.41) is 11.1. The molecule has 1 atom stereocenters. The second kappa shape index (κ2) is 5.92. The van der Waals surface area contributed by atoms with Gasteiger partial charge in [0.1, 0.15) is 11.6 Å². The largest absolute Gasteiger partial charge is 0.467 e. The number of fused-ring (bicyclic) bond motifs is 1. The van der Waals surface area contributed by atoms with Crippen LogP contribution in [0.15, 0.2) is 59.5 Å². The molecule has 0 saturated heterocycles. The van der Waals surface area contributed by atoms with Gasteiger partial charge in [-0.05, 0) is 37.6 Å². The first-order chi connectivity index (χ1) is 13.1. The van der Waals surface area contributed by atoms with E-state index < -0.39 is 32.1 Å². The van der Waals surface area contributed by atoms with Gasteiger partial charge in [-0.25, -0.2) is 0 Å². The predicted molar refractivity (Wildman–Crippen MR) is 103 cm³/mol. The number of nitrogens with zero attached hydrogens (tertiary/aromatic N) is 2. The Kier molecular flexibility index (Phi) is 3.95. The van der Waals surface area contributed by atoms with Crippen molar-refractivity contribution in [1.82, 2.24) is 0 Å². The van der Waals surface area contributed by atoms with Gasteiger partial charge in [-0.3, -0.25) is 14.7 Å². The summed E-state index contributed by atoms with van der Waals surface area (Å²) in [6, 6.07) is 7.38. The fourth-order valence-corrected chi connectivity index (χ4v) is 4.95. The zero-order valence-electron chi connectivity index (χ0n) is 15.5. The van der Waals surface area contributed by atoms with Crippen LogP contribution in [0.25, 0.3) is 0 Å². The Balaban J connectivity index is 1.84. The van der Waals surface area contributed by atoms with E-state index in [1.807, 2.05) is 26.0 Å². The number of para-hydroxylation sites is 1. The van der Waals surface area contributed by atoms with Gasteiger partial charge >= 0.3 is 0 Å². The monoisotopic (exact) mass is 404 g/mol. The van der Waals surface area contributed by atoms with E-state index in [1.165, 1.54) is 6.08 Å². The van der Waals surface area contributed by atoms with Gasteiger partial charge in [-0.15, -0.1) is 0 Å². The van der Waals surface area contributed by atoms with Gasteiger partial charge in [-0.2, -0.15) is 8.42 Å². The molecule has 0 amide bonds. The van der Waals surface area contributed by atoms with Gasteiger partial charge in [0, 0.05) is 30.2 Å². The molecule has 9 heteroatoms. The van der Waals surface area contributed by atoms with Crippen molar-refractivity contribution in [3.05, 3.63) is 75.2 Å². The molecule has 0 bridgehead atoms. The lowest BCUT2D eigenvalue weighted by atomic mass is 9.76. The van der Waals surface area contributed by atoms with E-state index in [4.69, 9.17) is 4.74 Å². The molecule has 1 aliphatic carbocycles. The summed E-state index contributed by atoms with van der Waals surface area (Å²) < 4.78 is 39.5. The Bertz CT molecular complexity index is 1070. The van der Waals surface area contributed by atoms with Crippen LogP contribution >= 0.6 is 0 Å². The SMILES string of the molecule is CC1(C)c2ccccc2N(CS(=O)(=O)O)[C@@]12C=CC1=C(CCC([N+](=O)[O-])=C1)O2. The van der Waals surface area contributed by atoms with Crippen LogP contribution in [-0.4, -0.2) is 29.5 Å². The number of hydrogen-bond donors (Lipinski definition) is 1. The minimum Gasteiger partial charge on any atom is -0.467 e. The second-order valence-electron chi connectivity index (χ2n) is 7.68. The maximum atomic E-state index is 11.8. The quantitative estimate of drug-likeness (QED) is 0.468. The Morgan fingerprint density at radius 1 is 1.29 bits per heavy atom. The average molecular weight is 404 g/mol. The maximum Gasteiger partial charge on any atom is 0.283 e. The molecule has 8 nitrogen and oxygen atoms in total. The highest BCUT2D eigenvalue weighted by Crippen LogP contribution is 2.55. The lowest BCUT2D eigenvalue weighted by molar-refractivity contribution is -0.428. The molecule has 2 heterocycles. The molecule has 0 saturated carbocycles. The Hall–Kier alpha value is -2.65. The molecule has 0 radical (unpaired) electrons. The van der Waals surface area contributed by atoms with Crippen LogP contribution in [-0.2, 0) is 20.3 Å². The zero-order valence-corrected chi connectivity index (χ0v) is 16.3. The third kappa shape index (κ3) is 2.65. The normalized spacial score (nSPS) is 25.2. The third-order valence-corrected chi connectivity index (χ3v) is 6.30. The van der Waals surface area contributed by atoms with Crippen molar-refractivity contribution in [2.75, 3.05) is 10.8 Å². The van der Waals surface area contributed by atoms with Crippen LogP contribution < -0.4 is 4.90 Å². The number of anilines is 1. The average Bonchev–Trinajstić information content (AvgIpc) is 2.79. The Labute approximate surface area is 162 Å². The highest BCUT2D eigenvalue weighted by molar-refractivity contribution is 7.85. The number of hydrogen-bond acceptors (Lipinski definition) is 6. The first kappa shape index (κ1) is 18.7. The first-order valence-electron chi connectivity index (χ1n) is 8.84. The van der Waals surface area contributed by atoms with Gasteiger partial charge in [0.25, 0.3) is 10.1 Å². The molecule has 1 aromatic carbocycles. The van der Waals surface area contributed by atoms with E-state index in [9.17, 15) is 23.1 Å². The molecule has 28 heavy (non-hydrogen) atoms. The molecule has 1 aromatic rings. The van der Waals surface area contributed by atoms with E-state index in [0.717, 1.165) is 5.56 Å². The van der Waals surface area contributed by atoms with Crippen molar-refractivity contribution in [2.24, 2.45) is 0 Å². The molecule has 2 aliphatic heterocycles. The Morgan fingerprint density at radius 3 is 2.68 bits per heavy atom. The van der Waals surface area contributed by atoms with Crippen molar-refractivity contribution in [3.63, 3.8) is 0 Å². The highest BCUT2D eigenvalue weighted by Gasteiger charge is 2.59. The van der Waals surface area contributed by atoms with E-state index in [1.54, 1.807) is 29.2 Å². The van der Waals surface area contributed by atoms with Crippen LogP contribution in [0.2, 0.25) is 0 Å². The summed E-state index contributed by atoms with van der Waals surface area (Å²) in [5.41, 5.74) is 0.469. The molecule has 0 aromatic heterocycles. The summed E-state index contributed by atoms with van der Waals surface area (Å²) in [6.07, 6.45) is 5.55. The summed E-state index contributed by atoms with van der Waals surface area (Å²) in [5.74, 6) is -0.0505. The molecule has 148 valence electrons. The van der Waals surface area contributed by atoms with Crippen LogP contribution in [0, 0.1) is 10.1 Å². The van der Waals surface area contributed by atoms with Crippen molar-refractivity contribution in [2.45, 2.75) is 37.8 Å². The first-order valence-corrected chi connectivity index (χ1v) is 10.4. The van der Waals surface area contributed by atoms with Crippen molar-refractivity contribution < 1.29 is 22.6 Å². The third-order valence-electron chi connectivity index (χ3n) is 5.71. The highest BCUT2D eigenvalue weighted by atomic mass is 32.2. The van der Waals surface area contributed by atoms with Gasteiger partial charge in [0.05, 0.1) is 10.3 Å². The number of benzene rings is 1. The number of allylic oxidation sites excluding steroid dienone is 5. The molecule has 3 aliphatic rings. The number of ether oxygens (including phenoxy) is 1. The number of nitro groups is 1. The zero-order chi connectivity index (χ0) is 20.3. The maximum absolute atomic E-state index is 11.8. The van der Waals surface area contributed by atoms with E-state index in [0.29, 0.717) is 23.4 Å². The fraction of sp³-hybridized carbons (Fsp3) is 0.368. The topological polar surface area (TPSA) is 110 Å². The molecule has 0 fully saturated rings. The lowest BCUT2D eigenvalue weighted by Gasteiger charge is -2.47. The van der Waals surface area contributed by atoms with Crippen molar-refractivity contribution in [1.29, 1.82) is 0 Å². The summed E-state index contributed by atoms with van der Waals surface area (Å²) >= 11 is 0. The predicted octanol–water partition coefficient (Wildman–Crippen LogP) is 3.12. The van der Waals surface area contributed by atoms with Crippen LogP contribution in [0.1, 0.15) is 32.3 Å². The van der Waals surface area contributed by atoms with Gasteiger partial charge < -0.3 is 9.64 Å². The molecule has 4 rings (SSSR count). The Morgan fingerprint density at radius 2 is 2.00 bits per heavy atom. The summed E-state index contributed by atoms with van der Waals surface area (Å²) in [7, 11) is -4.33.